The Morgan fingerprint density at radius 1 is 0.778 bits per heavy atom. The molecule has 0 saturated carbocycles. The number of ether oxygens (including phenoxy) is 1. The lowest BCUT2D eigenvalue weighted by atomic mass is 10.0. The number of benzene rings is 2. The predicted octanol–water partition coefficient (Wildman–Crippen LogP) is 5.61. The highest BCUT2D eigenvalue weighted by Crippen LogP contribution is 2.28. The summed E-state index contributed by atoms with van der Waals surface area (Å²) in [6.45, 7) is 4.04. The topological polar surface area (TPSA) is 82.2 Å². The number of piperidine rings is 1. The lowest BCUT2D eigenvalue weighted by molar-refractivity contribution is 0.482. The first kappa shape index (κ1) is 22.6. The third-order valence-electron chi connectivity index (χ3n) is 7.18. The van der Waals surface area contributed by atoms with Crippen molar-refractivity contribution >= 4 is 28.6 Å². The summed E-state index contributed by atoms with van der Waals surface area (Å²) < 4.78 is 5.94. The van der Waals surface area contributed by atoms with Gasteiger partial charge in [-0.1, -0.05) is 31.0 Å². The molecule has 0 aliphatic carbocycles. The number of nitrogens with zero attached hydrogens (tertiary/aromatic N) is 5. The number of hydrogen-bond acceptors (Lipinski definition) is 7. The molecule has 36 heavy (non-hydrogen) atoms. The number of para-hydroxylation sites is 1. The molecule has 2 aromatic heterocycles. The van der Waals surface area contributed by atoms with E-state index in [0.29, 0.717) is 12.0 Å². The van der Waals surface area contributed by atoms with E-state index in [4.69, 9.17) is 14.7 Å². The van der Waals surface area contributed by atoms with Crippen LogP contribution in [0.5, 0.6) is 11.5 Å². The zero-order valence-electron chi connectivity index (χ0n) is 20.6. The minimum Gasteiger partial charge on any atom is -0.457 e. The number of hydrogen-bond donors (Lipinski definition) is 2. The minimum atomic E-state index is 0.347. The van der Waals surface area contributed by atoms with E-state index in [1.165, 1.54) is 31.4 Å². The maximum atomic E-state index is 5.94. The molecular formula is C28H33N7O. The summed E-state index contributed by atoms with van der Waals surface area (Å²) in [5, 5.41) is 3.62. The normalized spacial score (nSPS) is 17.2. The van der Waals surface area contributed by atoms with Crippen LogP contribution in [0.2, 0.25) is 0 Å². The summed E-state index contributed by atoms with van der Waals surface area (Å²) in [7, 11) is 0. The van der Waals surface area contributed by atoms with E-state index < -0.39 is 0 Å². The molecular weight excluding hydrogens is 450 g/mol. The Kier molecular flexibility index (Phi) is 6.56. The van der Waals surface area contributed by atoms with Crippen molar-refractivity contribution in [3.05, 3.63) is 60.9 Å². The van der Waals surface area contributed by atoms with Crippen molar-refractivity contribution in [2.24, 2.45) is 0 Å². The monoisotopic (exact) mass is 483 g/mol. The predicted molar refractivity (Wildman–Crippen MR) is 144 cm³/mol. The highest BCUT2D eigenvalue weighted by molar-refractivity contribution is 5.84. The Hall–Kier alpha value is -3.81. The maximum absolute atomic E-state index is 5.94. The molecule has 2 aliphatic heterocycles. The number of rotatable bonds is 6. The van der Waals surface area contributed by atoms with Gasteiger partial charge in [-0.25, -0.2) is 4.98 Å². The zero-order valence-corrected chi connectivity index (χ0v) is 20.6. The smallest absolute Gasteiger partial charge is 0.227 e. The van der Waals surface area contributed by atoms with Crippen LogP contribution in [0.15, 0.2) is 60.9 Å². The Bertz CT molecular complexity index is 1260. The number of nitrogens with one attached hydrogen (secondary N) is 2. The molecule has 2 aliphatic rings. The number of aromatic amines is 1. The zero-order chi connectivity index (χ0) is 24.2. The molecule has 0 bridgehead atoms. The van der Waals surface area contributed by atoms with Gasteiger partial charge < -0.3 is 24.8 Å². The number of H-pyrrole nitrogens is 1. The van der Waals surface area contributed by atoms with Crippen molar-refractivity contribution in [3.8, 4) is 11.5 Å². The maximum Gasteiger partial charge on any atom is 0.227 e. The molecule has 0 spiro atoms. The lowest BCUT2D eigenvalue weighted by Crippen LogP contribution is -2.39. The highest BCUT2D eigenvalue weighted by Gasteiger charge is 2.23. The van der Waals surface area contributed by atoms with Crippen LogP contribution < -0.4 is 19.9 Å². The van der Waals surface area contributed by atoms with Crippen molar-refractivity contribution in [1.29, 1.82) is 0 Å². The van der Waals surface area contributed by atoms with E-state index >= 15 is 0 Å². The van der Waals surface area contributed by atoms with E-state index in [1.54, 1.807) is 6.33 Å². The summed E-state index contributed by atoms with van der Waals surface area (Å²) in [5.41, 5.74) is 2.91. The molecule has 8 heteroatoms. The van der Waals surface area contributed by atoms with Crippen LogP contribution in [0.1, 0.15) is 38.5 Å². The van der Waals surface area contributed by atoms with Gasteiger partial charge in [0.15, 0.2) is 17.0 Å². The van der Waals surface area contributed by atoms with E-state index in [-0.39, 0.29) is 0 Å². The quantitative estimate of drug-likeness (QED) is 0.369. The Labute approximate surface area is 211 Å². The molecule has 2 fully saturated rings. The van der Waals surface area contributed by atoms with Gasteiger partial charge in [-0.2, -0.15) is 9.97 Å². The summed E-state index contributed by atoms with van der Waals surface area (Å²) in [5.74, 6) is 3.37. The van der Waals surface area contributed by atoms with Crippen molar-refractivity contribution in [2.75, 3.05) is 41.3 Å². The fraction of sp³-hybridized carbons (Fsp3) is 0.393. The molecule has 2 aromatic carbocycles. The second-order valence-corrected chi connectivity index (χ2v) is 9.69. The summed E-state index contributed by atoms with van der Waals surface area (Å²) in [6, 6.07) is 18.6. The molecule has 4 heterocycles. The Morgan fingerprint density at radius 2 is 1.50 bits per heavy atom. The minimum absolute atomic E-state index is 0.347. The van der Waals surface area contributed by atoms with Gasteiger partial charge in [-0.15, -0.1) is 0 Å². The van der Waals surface area contributed by atoms with E-state index in [2.05, 4.69) is 37.2 Å². The molecule has 186 valence electrons. The lowest BCUT2D eigenvalue weighted by Gasteiger charge is -2.34. The van der Waals surface area contributed by atoms with Crippen LogP contribution in [0.4, 0.5) is 17.5 Å². The van der Waals surface area contributed by atoms with Crippen LogP contribution in [0.3, 0.4) is 0 Å². The van der Waals surface area contributed by atoms with E-state index in [0.717, 1.165) is 67.5 Å². The first-order valence-electron chi connectivity index (χ1n) is 13.1. The second-order valence-electron chi connectivity index (χ2n) is 9.69. The van der Waals surface area contributed by atoms with Crippen molar-refractivity contribution in [3.63, 3.8) is 0 Å². The number of fused-ring (bicyclic) bond motifs is 1. The van der Waals surface area contributed by atoms with Gasteiger partial charge in [0.2, 0.25) is 5.95 Å². The largest absolute Gasteiger partial charge is 0.457 e. The first-order valence-corrected chi connectivity index (χ1v) is 13.1. The van der Waals surface area contributed by atoms with Crippen LogP contribution >= 0.6 is 0 Å². The molecule has 2 N–H and O–H groups in total. The van der Waals surface area contributed by atoms with Crippen LogP contribution in [0, 0.1) is 0 Å². The Morgan fingerprint density at radius 3 is 2.25 bits per heavy atom. The van der Waals surface area contributed by atoms with Gasteiger partial charge >= 0.3 is 0 Å². The van der Waals surface area contributed by atoms with Gasteiger partial charge in [0.1, 0.15) is 11.5 Å². The second kappa shape index (κ2) is 10.4. The van der Waals surface area contributed by atoms with Crippen molar-refractivity contribution in [1.82, 2.24) is 19.9 Å². The first-order chi connectivity index (χ1) is 17.8. The molecule has 8 nitrogen and oxygen atoms in total. The third-order valence-corrected chi connectivity index (χ3v) is 7.18. The van der Waals surface area contributed by atoms with E-state index in [9.17, 15) is 0 Å². The SMILES string of the molecule is c1ccc(Oc2ccc(N3CCC(Nc4nc(N5CCCCCC5)c5nc[nH]c5n4)CC3)cc2)cc1. The van der Waals surface area contributed by atoms with Gasteiger partial charge in [-0.05, 0) is 62.1 Å². The average Bonchev–Trinajstić information content (AvgIpc) is 3.23. The molecule has 0 radical (unpaired) electrons. The molecule has 2 saturated heterocycles. The highest BCUT2D eigenvalue weighted by atomic mass is 16.5. The van der Waals surface area contributed by atoms with Gasteiger partial charge in [0, 0.05) is 37.9 Å². The van der Waals surface area contributed by atoms with Gasteiger partial charge in [0.25, 0.3) is 0 Å². The van der Waals surface area contributed by atoms with Gasteiger partial charge in [-0.3, -0.25) is 0 Å². The number of imidazole rings is 1. The summed E-state index contributed by atoms with van der Waals surface area (Å²) in [4.78, 5) is 22.2. The van der Waals surface area contributed by atoms with Crippen LogP contribution in [-0.4, -0.2) is 52.2 Å². The molecule has 0 amide bonds. The Balaban J connectivity index is 1.09. The average molecular weight is 484 g/mol. The van der Waals surface area contributed by atoms with Crippen LogP contribution in [-0.2, 0) is 0 Å². The molecule has 6 rings (SSSR count). The standard InChI is InChI=1S/C28H33N7O/c1-2-7-17-35(16-6-1)27-25-26(30-20-29-25)32-28(33-27)31-21-14-18-34(19-15-21)22-10-12-24(13-11-22)36-23-8-4-3-5-9-23/h3-5,8-13,20-21H,1-2,6-7,14-19H2,(H2,29,30,31,32,33). The number of anilines is 3. The van der Waals surface area contributed by atoms with Crippen LogP contribution in [0.25, 0.3) is 11.2 Å². The van der Waals surface area contributed by atoms with Crippen molar-refractivity contribution in [2.45, 2.75) is 44.6 Å². The summed E-state index contributed by atoms with van der Waals surface area (Å²) in [6.07, 6.45) is 8.78. The fourth-order valence-corrected chi connectivity index (χ4v) is 5.20. The number of aromatic nitrogens is 4. The fourth-order valence-electron chi connectivity index (χ4n) is 5.20. The van der Waals surface area contributed by atoms with Gasteiger partial charge in [0.05, 0.1) is 6.33 Å². The molecule has 0 unspecified atom stereocenters. The summed E-state index contributed by atoms with van der Waals surface area (Å²) >= 11 is 0. The van der Waals surface area contributed by atoms with Crippen molar-refractivity contribution < 1.29 is 4.74 Å². The van der Waals surface area contributed by atoms with E-state index in [1.807, 2.05) is 42.5 Å². The molecule has 4 aromatic rings. The third kappa shape index (κ3) is 5.08. The molecule has 0 atom stereocenters.